The Morgan fingerprint density at radius 1 is 1.24 bits per heavy atom. The van der Waals surface area contributed by atoms with Gasteiger partial charge in [0, 0.05) is 28.5 Å². The third-order valence-electron chi connectivity index (χ3n) is 3.01. The highest BCUT2D eigenvalue weighted by Crippen LogP contribution is 2.29. The summed E-state index contributed by atoms with van der Waals surface area (Å²) < 4.78 is 8.55. The van der Waals surface area contributed by atoms with Crippen LogP contribution in [0.1, 0.15) is 0 Å². The van der Waals surface area contributed by atoms with E-state index in [9.17, 15) is 0 Å². The van der Waals surface area contributed by atoms with Gasteiger partial charge in [-0.2, -0.15) is 5.10 Å². The fourth-order valence-corrected chi connectivity index (χ4v) is 2.66. The number of halogens is 1. The molecule has 0 fully saturated rings. The van der Waals surface area contributed by atoms with Crippen molar-refractivity contribution in [3.8, 4) is 22.8 Å². The van der Waals surface area contributed by atoms with Crippen LogP contribution < -0.4 is 4.74 Å². The molecule has 0 amide bonds. The average Bonchev–Trinajstić information content (AvgIpc) is 2.90. The van der Waals surface area contributed by atoms with Gasteiger partial charge in [0.15, 0.2) is 10.6 Å². The summed E-state index contributed by atoms with van der Waals surface area (Å²) in [7, 11) is 1.63. The number of pyridine rings is 1. The zero-order chi connectivity index (χ0) is 14.8. The fourth-order valence-electron chi connectivity index (χ4n) is 2.01. The lowest BCUT2D eigenvalue weighted by atomic mass is 10.2. The minimum atomic E-state index is 0.510. The van der Waals surface area contributed by atoms with Crippen molar-refractivity contribution in [3.63, 3.8) is 0 Å². The molecule has 0 aliphatic rings. The maximum atomic E-state index is 5.36. The number of aromatic amines is 1. The van der Waals surface area contributed by atoms with Gasteiger partial charge in [-0.25, -0.2) is 0 Å². The molecule has 0 bridgehead atoms. The number of nitrogens with one attached hydrogen (secondary N) is 1. The summed E-state index contributed by atoms with van der Waals surface area (Å²) in [5.74, 6) is 1.47. The molecular weight excluding hydrogens is 352 g/mol. The Bertz CT molecular complexity index is 828. The lowest BCUT2D eigenvalue weighted by molar-refractivity contribution is 0.414. The topological polar surface area (TPSA) is 55.7 Å². The second-order valence-corrected chi connectivity index (χ2v) is 5.48. The van der Waals surface area contributed by atoms with E-state index in [2.05, 4.69) is 31.1 Å². The third-order valence-corrected chi connectivity index (χ3v) is 3.95. The predicted octanol–water partition coefficient (Wildman–Crippen LogP) is 3.76. The van der Waals surface area contributed by atoms with Crippen molar-refractivity contribution < 1.29 is 4.74 Å². The molecule has 0 atom stereocenters. The second-order valence-electron chi connectivity index (χ2n) is 4.24. The number of hydrogen-bond acceptors (Lipinski definition) is 4. The average molecular weight is 363 g/mol. The lowest BCUT2D eigenvalue weighted by Crippen LogP contribution is -1.99. The summed E-state index contributed by atoms with van der Waals surface area (Å²) in [6.45, 7) is 0. The van der Waals surface area contributed by atoms with Crippen molar-refractivity contribution in [2.24, 2.45) is 0 Å². The van der Waals surface area contributed by atoms with Crippen LogP contribution in [0.4, 0.5) is 0 Å². The van der Waals surface area contributed by atoms with Crippen molar-refractivity contribution in [3.05, 3.63) is 52.0 Å². The van der Waals surface area contributed by atoms with Crippen LogP contribution in [-0.2, 0) is 0 Å². The lowest BCUT2D eigenvalue weighted by Gasteiger charge is -2.10. The molecular formula is C14H11BrN4OS. The van der Waals surface area contributed by atoms with Crippen LogP contribution in [0, 0.1) is 4.77 Å². The summed E-state index contributed by atoms with van der Waals surface area (Å²) >= 11 is 8.91. The molecule has 1 N–H and O–H groups in total. The van der Waals surface area contributed by atoms with Crippen LogP contribution in [0.15, 0.2) is 47.2 Å². The Morgan fingerprint density at radius 3 is 2.71 bits per heavy atom. The molecule has 2 heterocycles. The molecule has 0 saturated carbocycles. The molecule has 3 aromatic rings. The number of nitrogens with zero attached hydrogens (tertiary/aromatic N) is 3. The van der Waals surface area contributed by atoms with E-state index in [4.69, 9.17) is 17.0 Å². The normalized spacial score (nSPS) is 10.6. The molecule has 7 heteroatoms. The zero-order valence-corrected chi connectivity index (χ0v) is 13.5. The monoisotopic (exact) mass is 362 g/mol. The first-order valence-corrected chi connectivity index (χ1v) is 7.32. The van der Waals surface area contributed by atoms with Gasteiger partial charge in [0.1, 0.15) is 5.75 Å². The first-order valence-electron chi connectivity index (χ1n) is 6.12. The summed E-state index contributed by atoms with van der Waals surface area (Å²) in [6, 6.07) is 9.47. The van der Waals surface area contributed by atoms with E-state index in [1.807, 2.05) is 34.9 Å². The van der Waals surface area contributed by atoms with Crippen LogP contribution >= 0.6 is 28.1 Å². The van der Waals surface area contributed by atoms with Crippen molar-refractivity contribution >= 4 is 28.1 Å². The van der Waals surface area contributed by atoms with E-state index in [0.717, 1.165) is 27.3 Å². The molecule has 2 aromatic heterocycles. The predicted molar refractivity (Wildman–Crippen MR) is 86.2 cm³/mol. The van der Waals surface area contributed by atoms with Gasteiger partial charge in [-0.15, -0.1) is 0 Å². The maximum absolute atomic E-state index is 5.36. The summed E-state index contributed by atoms with van der Waals surface area (Å²) in [6.07, 6.45) is 3.44. The Kier molecular flexibility index (Phi) is 3.85. The Labute approximate surface area is 134 Å². The van der Waals surface area contributed by atoms with Gasteiger partial charge in [-0.05, 0) is 52.4 Å². The largest absolute Gasteiger partial charge is 0.497 e. The summed E-state index contributed by atoms with van der Waals surface area (Å²) in [5.41, 5.74) is 1.78. The SMILES string of the molecule is COc1ccc(Br)c(-n2c(-c3ccncc3)n[nH]c2=S)c1. The van der Waals surface area contributed by atoms with Gasteiger partial charge in [-0.3, -0.25) is 14.6 Å². The highest BCUT2D eigenvalue weighted by molar-refractivity contribution is 9.10. The molecule has 0 saturated heterocycles. The van der Waals surface area contributed by atoms with Crippen LogP contribution in [-0.4, -0.2) is 26.9 Å². The van der Waals surface area contributed by atoms with Crippen molar-refractivity contribution in [2.45, 2.75) is 0 Å². The number of benzene rings is 1. The van der Waals surface area contributed by atoms with Gasteiger partial charge in [0.05, 0.1) is 12.8 Å². The first-order chi connectivity index (χ1) is 10.2. The van der Waals surface area contributed by atoms with Crippen LogP contribution in [0.2, 0.25) is 0 Å². The molecule has 0 spiro atoms. The van der Waals surface area contributed by atoms with E-state index in [1.165, 1.54) is 0 Å². The zero-order valence-electron chi connectivity index (χ0n) is 11.1. The Balaban J connectivity index is 2.25. The van der Waals surface area contributed by atoms with E-state index in [1.54, 1.807) is 19.5 Å². The van der Waals surface area contributed by atoms with Crippen LogP contribution in [0.25, 0.3) is 17.1 Å². The molecule has 21 heavy (non-hydrogen) atoms. The van der Waals surface area contributed by atoms with Crippen LogP contribution in [0.5, 0.6) is 5.75 Å². The van der Waals surface area contributed by atoms with E-state index < -0.39 is 0 Å². The van der Waals surface area contributed by atoms with Gasteiger partial charge in [0.25, 0.3) is 0 Å². The van der Waals surface area contributed by atoms with E-state index >= 15 is 0 Å². The quantitative estimate of drug-likeness (QED) is 0.720. The fraction of sp³-hybridized carbons (Fsp3) is 0.0714. The van der Waals surface area contributed by atoms with Crippen molar-refractivity contribution in [1.29, 1.82) is 0 Å². The smallest absolute Gasteiger partial charge is 0.200 e. The summed E-state index contributed by atoms with van der Waals surface area (Å²) in [5, 5.41) is 7.15. The van der Waals surface area contributed by atoms with Crippen molar-refractivity contribution in [1.82, 2.24) is 19.7 Å². The number of rotatable bonds is 3. The molecule has 0 radical (unpaired) electrons. The number of hydrogen-bond donors (Lipinski definition) is 1. The Morgan fingerprint density at radius 2 is 2.00 bits per heavy atom. The molecule has 0 aliphatic carbocycles. The molecule has 0 aliphatic heterocycles. The molecule has 106 valence electrons. The first kappa shape index (κ1) is 14.0. The molecule has 3 rings (SSSR count). The molecule has 0 unspecified atom stereocenters. The third kappa shape index (κ3) is 2.62. The highest BCUT2D eigenvalue weighted by atomic mass is 79.9. The number of ether oxygens (including phenoxy) is 1. The summed E-state index contributed by atoms with van der Waals surface area (Å²) in [4.78, 5) is 4.02. The minimum absolute atomic E-state index is 0.510. The number of methoxy groups -OCH3 is 1. The molecule has 5 nitrogen and oxygen atoms in total. The highest BCUT2D eigenvalue weighted by Gasteiger charge is 2.13. The number of aromatic nitrogens is 4. The van der Waals surface area contributed by atoms with E-state index in [0.29, 0.717) is 4.77 Å². The van der Waals surface area contributed by atoms with Gasteiger partial charge >= 0.3 is 0 Å². The van der Waals surface area contributed by atoms with Crippen molar-refractivity contribution in [2.75, 3.05) is 7.11 Å². The minimum Gasteiger partial charge on any atom is -0.497 e. The van der Waals surface area contributed by atoms with Gasteiger partial charge in [0.2, 0.25) is 0 Å². The Hall–Kier alpha value is -1.99. The van der Waals surface area contributed by atoms with Gasteiger partial charge in [-0.1, -0.05) is 0 Å². The second kappa shape index (κ2) is 5.79. The standard InChI is InChI=1S/C14H11BrN4OS/c1-20-10-2-3-11(15)12(8-10)19-13(17-18-14(19)21)9-4-6-16-7-5-9/h2-8H,1H3,(H,18,21). The van der Waals surface area contributed by atoms with Gasteiger partial charge < -0.3 is 4.74 Å². The maximum Gasteiger partial charge on any atom is 0.200 e. The van der Waals surface area contributed by atoms with Crippen LogP contribution in [0.3, 0.4) is 0 Å². The van der Waals surface area contributed by atoms with E-state index in [-0.39, 0.29) is 0 Å². The number of H-pyrrole nitrogens is 1. The molecule has 1 aromatic carbocycles.